The molecule has 15 heavy (non-hydrogen) atoms. The van der Waals surface area contributed by atoms with Crippen molar-refractivity contribution in [1.29, 1.82) is 0 Å². The van der Waals surface area contributed by atoms with Crippen molar-refractivity contribution in [2.75, 3.05) is 5.32 Å². The molecule has 0 aromatic carbocycles. The molecule has 1 unspecified atom stereocenters. The van der Waals surface area contributed by atoms with Crippen molar-refractivity contribution < 1.29 is 4.79 Å². The Labute approximate surface area is 102 Å². The predicted octanol–water partition coefficient (Wildman–Crippen LogP) is 3.16. The second-order valence-corrected chi connectivity index (χ2v) is 4.68. The number of hydrogen-bond donors (Lipinski definition) is 1. The fourth-order valence-electron chi connectivity index (χ4n) is 1.04. The molecule has 0 radical (unpaired) electrons. The third kappa shape index (κ3) is 3.47. The number of alkyl halides is 1. The standard InChI is InChI=1S/C10H12BrClN2O/c1-3-7(11)10(15)14-8-4-6(2)5-13-9(8)12/h4-5,7H,3H2,1-2H3,(H,14,15). The number of anilines is 1. The van der Waals surface area contributed by atoms with E-state index in [-0.39, 0.29) is 10.7 Å². The molecule has 0 spiro atoms. The van der Waals surface area contributed by atoms with Crippen LogP contribution in [0.25, 0.3) is 0 Å². The van der Waals surface area contributed by atoms with Gasteiger partial charge in [0.2, 0.25) is 5.91 Å². The molecule has 82 valence electrons. The number of halogens is 2. The molecule has 0 saturated carbocycles. The number of hydrogen-bond acceptors (Lipinski definition) is 2. The lowest BCUT2D eigenvalue weighted by Crippen LogP contribution is -2.22. The van der Waals surface area contributed by atoms with E-state index in [2.05, 4.69) is 26.2 Å². The topological polar surface area (TPSA) is 42.0 Å². The van der Waals surface area contributed by atoms with Crippen molar-refractivity contribution in [2.24, 2.45) is 0 Å². The third-order valence-electron chi connectivity index (χ3n) is 1.88. The number of pyridine rings is 1. The number of rotatable bonds is 3. The zero-order chi connectivity index (χ0) is 11.4. The minimum absolute atomic E-state index is 0.105. The Kier molecular flexibility index (Phi) is 4.54. The molecule has 0 saturated heterocycles. The Morgan fingerprint density at radius 3 is 3.00 bits per heavy atom. The average molecular weight is 292 g/mol. The first-order valence-electron chi connectivity index (χ1n) is 4.61. The molecule has 0 fully saturated rings. The molecule has 0 bridgehead atoms. The summed E-state index contributed by atoms with van der Waals surface area (Å²) in [6.07, 6.45) is 2.38. The van der Waals surface area contributed by atoms with Crippen molar-refractivity contribution in [3.63, 3.8) is 0 Å². The Bertz CT molecular complexity index is 370. The molecule has 1 rings (SSSR count). The zero-order valence-corrected chi connectivity index (χ0v) is 10.9. The normalized spacial score (nSPS) is 12.3. The second kappa shape index (κ2) is 5.47. The van der Waals surface area contributed by atoms with Crippen LogP contribution in [0.4, 0.5) is 5.69 Å². The third-order valence-corrected chi connectivity index (χ3v) is 3.24. The molecular formula is C10H12BrClN2O. The molecule has 1 aromatic rings. The minimum atomic E-state index is -0.200. The number of carbonyl (C=O) groups is 1. The van der Waals surface area contributed by atoms with Crippen LogP contribution < -0.4 is 5.32 Å². The van der Waals surface area contributed by atoms with Crippen LogP contribution in [0.1, 0.15) is 18.9 Å². The van der Waals surface area contributed by atoms with Crippen LogP contribution in [0, 0.1) is 6.92 Å². The van der Waals surface area contributed by atoms with Crippen LogP contribution in [0.15, 0.2) is 12.3 Å². The Morgan fingerprint density at radius 1 is 1.73 bits per heavy atom. The van der Waals surface area contributed by atoms with Gasteiger partial charge in [0.15, 0.2) is 5.15 Å². The summed E-state index contributed by atoms with van der Waals surface area (Å²) in [7, 11) is 0. The fraction of sp³-hybridized carbons (Fsp3) is 0.400. The van der Waals surface area contributed by atoms with Gasteiger partial charge in [-0.1, -0.05) is 34.5 Å². The Morgan fingerprint density at radius 2 is 2.40 bits per heavy atom. The van der Waals surface area contributed by atoms with Gasteiger partial charge in [-0.2, -0.15) is 0 Å². The van der Waals surface area contributed by atoms with E-state index in [4.69, 9.17) is 11.6 Å². The van der Waals surface area contributed by atoms with Gasteiger partial charge in [0.25, 0.3) is 0 Å². The highest BCUT2D eigenvalue weighted by Gasteiger charge is 2.14. The van der Waals surface area contributed by atoms with Crippen LogP contribution in [-0.4, -0.2) is 15.7 Å². The van der Waals surface area contributed by atoms with Gasteiger partial charge in [-0.25, -0.2) is 4.98 Å². The number of amides is 1. The summed E-state index contributed by atoms with van der Waals surface area (Å²) in [6, 6.07) is 1.79. The van der Waals surface area contributed by atoms with Gasteiger partial charge < -0.3 is 5.32 Å². The van der Waals surface area contributed by atoms with Gasteiger partial charge in [-0.3, -0.25) is 4.79 Å². The molecule has 3 nitrogen and oxygen atoms in total. The Hall–Kier alpha value is -0.610. The van der Waals surface area contributed by atoms with Gasteiger partial charge in [0.1, 0.15) is 0 Å². The maximum atomic E-state index is 11.6. The number of aryl methyl sites for hydroxylation is 1. The average Bonchev–Trinajstić information content (AvgIpc) is 2.22. The van der Waals surface area contributed by atoms with E-state index in [0.717, 1.165) is 12.0 Å². The summed E-state index contributed by atoms with van der Waals surface area (Å²) in [5.41, 5.74) is 1.51. The largest absolute Gasteiger partial charge is 0.322 e. The van der Waals surface area contributed by atoms with Gasteiger partial charge in [-0.05, 0) is 25.0 Å². The van der Waals surface area contributed by atoms with E-state index in [9.17, 15) is 4.79 Å². The first-order valence-corrected chi connectivity index (χ1v) is 5.91. The molecule has 1 aromatic heterocycles. The van der Waals surface area contributed by atoms with Gasteiger partial charge in [-0.15, -0.1) is 0 Å². The number of nitrogens with zero attached hydrogens (tertiary/aromatic N) is 1. The molecular weight excluding hydrogens is 279 g/mol. The van der Waals surface area contributed by atoms with Crippen molar-refractivity contribution >= 4 is 39.1 Å². The number of carbonyl (C=O) groups excluding carboxylic acids is 1. The quantitative estimate of drug-likeness (QED) is 0.686. The zero-order valence-electron chi connectivity index (χ0n) is 8.55. The van der Waals surface area contributed by atoms with E-state index in [1.165, 1.54) is 0 Å². The first-order chi connectivity index (χ1) is 7.04. The molecule has 1 atom stereocenters. The molecule has 0 aliphatic heterocycles. The van der Waals surface area contributed by atoms with Crippen LogP contribution >= 0.6 is 27.5 Å². The number of nitrogens with one attached hydrogen (secondary N) is 1. The van der Waals surface area contributed by atoms with Crippen LogP contribution in [0.5, 0.6) is 0 Å². The lowest BCUT2D eigenvalue weighted by molar-refractivity contribution is -0.115. The summed E-state index contributed by atoms with van der Waals surface area (Å²) in [6.45, 7) is 3.82. The maximum Gasteiger partial charge on any atom is 0.238 e. The highest BCUT2D eigenvalue weighted by Crippen LogP contribution is 2.20. The molecule has 5 heteroatoms. The second-order valence-electron chi connectivity index (χ2n) is 3.22. The van der Waals surface area contributed by atoms with Crippen molar-refractivity contribution in [1.82, 2.24) is 4.98 Å². The summed E-state index contributed by atoms with van der Waals surface area (Å²) in [5.74, 6) is -0.105. The van der Waals surface area contributed by atoms with E-state index in [0.29, 0.717) is 10.8 Å². The summed E-state index contributed by atoms with van der Waals surface area (Å²) in [5, 5.41) is 3.03. The summed E-state index contributed by atoms with van der Waals surface area (Å²) in [4.78, 5) is 15.3. The van der Waals surface area contributed by atoms with Crippen LogP contribution in [-0.2, 0) is 4.79 Å². The van der Waals surface area contributed by atoms with E-state index >= 15 is 0 Å². The highest BCUT2D eigenvalue weighted by atomic mass is 79.9. The van der Waals surface area contributed by atoms with Crippen LogP contribution in [0.2, 0.25) is 5.15 Å². The monoisotopic (exact) mass is 290 g/mol. The fourth-order valence-corrected chi connectivity index (χ4v) is 1.30. The summed E-state index contributed by atoms with van der Waals surface area (Å²) < 4.78 is 0. The van der Waals surface area contributed by atoms with Gasteiger partial charge >= 0.3 is 0 Å². The molecule has 0 aliphatic carbocycles. The first kappa shape index (κ1) is 12.5. The molecule has 1 heterocycles. The van der Waals surface area contributed by atoms with Crippen molar-refractivity contribution in [2.45, 2.75) is 25.1 Å². The number of aromatic nitrogens is 1. The maximum absolute atomic E-state index is 11.6. The van der Waals surface area contributed by atoms with Gasteiger partial charge in [0, 0.05) is 6.20 Å². The van der Waals surface area contributed by atoms with Crippen molar-refractivity contribution in [3.05, 3.63) is 23.0 Å². The lowest BCUT2D eigenvalue weighted by Gasteiger charge is -2.10. The van der Waals surface area contributed by atoms with E-state index in [1.54, 1.807) is 12.3 Å². The Balaban J connectivity index is 2.80. The highest BCUT2D eigenvalue weighted by molar-refractivity contribution is 9.10. The van der Waals surface area contributed by atoms with Crippen molar-refractivity contribution in [3.8, 4) is 0 Å². The van der Waals surface area contributed by atoms with E-state index < -0.39 is 0 Å². The van der Waals surface area contributed by atoms with Gasteiger partial charge in [0.05, 0.1) is 10.5 Å². The lowest BCUT2D eigenvalue weighted by atomic mass is 10.2. The van der Waals surface area contributed by atoms with E-state index in [1.807, 2.05) is 13.8 Å². The smallest absolute Gasteiger partial charge is 0.238 e. The molecule has 1 amide bonds. The summed E-state index contributed by atoms with van der Waals surface area (Å²) >= 11 is 9.11. The van der Waals surface area contributed by atoms with Crippen LogP contribution in [0.3, 0.4) is 0 Å². The molecule has 0 aliphatic rings. The minimum Gasteiger partial charge on any atom is -0.322 e. The SMILES string of the molecule is CCC(Br)C(=O)Nc1cc(C)cnc1Cl. The molecule has 1 N–H and O–H groups in total. The predicted molar refractivity (Wildman–Crippen MR) is 65.6 cm³/mol.